The van der Waals surface area contributed by atoms with E-state index in [0.717, 1.165) is 31.6 Å². The van der Waals surface area contributed by atoms with Crippen LogP contribution in [0.5, 0.6) is 0 Å². The summed E-state index contributed by atoms with van der Waals surface area (Å²) >= 11 is 12.0. The second-order valence-corrected chi connectivity index (χ2v) is 6.14. The van der Waals surface area contributed by atoms with Crippen LogP contribution in [0.15, 0.2) is 52.7 Å². The van der Waals surface area contributed by atoms with Crippen molar-refractivity contribution in [3.8, 4) is 0 Å². The lowest BCUT2D eigenvalue weighted by Gasteiger charge is -2.23. The number of nitrogens with zero attached hydrogens (tertiary/aromatic N) is 3. The molecule has 2 aromatic carbocycles. The summed E-state index contributed by atoms with van der Waals surface area (Å²) in [6, 6.07) is 13.2. The molecule has 0 saturated heterocycles. The molecule has 0 unspecified atom stereocenters. The van der Waals surface area contributed by atoms with E-state index in [9.17, 15) is 0 Å². The molecule has 122 valence electrons. The van der Waals surface area contributed by atoms with Crippen LogP contribution in [0.2, 0.25) is 10.0 Å². The number of hydrogen-bond donors (Lipinski definition) is 0. The maximum absolute atomic E-state index is 6.08. The predicted octanol–water partition coefficient (Wildman–Crippen LogP) is 7.04. The fraction of sp³-hybridized carbons (Fsp3) is 0.333. The first kappa shape index (κ1) is 17.8. The van der Waals surface area contributed by atoms with Crippen LogP contribution in [0, 0.1) is 0 Å². The Bertz CT molecular complexity index is 648. The zero-order valence-electron chi connectivity index (χ0n) is 13.5. The minimum Gasteiger partial charge on any atom is -0.372 e. The highest BCUT2D eigenvalue weighted by Crippen LogP contribution is 2.30. The quantitative estimate of drug-likeness (QED) is 0.492. The molecular weight excluding hydrogens is 329 g/mol. The first-order valence-electron chi connectivity index (χ1n) is 7.85. The summed E-state index contributed by atoms with van der Waals surface area (Å²) in [7, 11) is 0. The van der Waals surface area contributed by atoms with Crippen molar-refractivity contribution >= 4 is 40.3 Å². The van der Waals surface area contributed by atoms with Gasteiger partial charge in [-0.25, -0.2) is 0 Å². The van der Waals surface area contributed by atoms with Gasteiger partial charge in [0.05, 0.1) is 10.7 Å². The lowest BCUT2D eigenvalue weighted by atomic mass is 10.2. The van der Waals surface area contributed by atoms with E-state index in [0.29, 0.717) is 15.7 Å². The molecule has 0 atom stereocenters. The molecule has 0 bridgehead atoms. The Morgan fingerprint density at radius 1 is 0.870 bits per heavy atom. The number of anilines is 1. The normalized spacial score (nSPS) is 11.1. The third kappa shape index (κ3) is 5.22. The largest absolute Gasteiger partial charge is 0.372 e. The van der Waals surface area contributed by atoms with Crippen LogP contribution in [0.4, 0.5) is 17.1 Å². The highest BCUT2D eigenvalue weighted by atomic mass is 35.5. The third-order valence-corrected chi connectivity index (χ3v) is 3.94. The van der Waals surface area contributed by atoms with Crippen molar-refractivity contribution in [1.82, 2.24) is 0 Å². The molecule has 0 fully saturated rings. The smallest absolute Gasteiger partial charge is 0.106 e. The Morgan fingerprint density at radius 2 is 1.52 bits per heavy atom. The van der Waals surface area contributed by atoms with Crippen molar-refractivity contribution in [2.24, 2.45) is 10.2 Å². The van der Waals surface area contributed by atoms with Crippen LogP contribution in [0.1, 0.15) is 26.7 Å². The van der Waals surface area contributed by atoms with Gasteiger partial charge in [0.15, 0.2) is 0 Å². The number of benzene rings is 2. The molecule has 0 radical (unpaired) electrons. The molecule has 0 aliphatic carbocycles. The van der Waals surface area contributed by atoms with Gasteiger partial charge in [-0.15, -0.1) is 5.11 Å². The number of hydrogen-bond acceptors (Lipinski definition) is 3. The van der Waals surface area contributed by atoms with Gasteiger partial charge >= 0.3 is 0 Å². The molecule has 0 aromatic heterocycles. The molecule has 0 amide bonds. The van der Waals surface area contributed by atoms with E-state index in [1.54, 1.807) is 18.2 Å². The lowest BCUT2D eigenvalue weighted by Crippen LogP contribution is -2.24. The van der Waals surface area contributed by atoms with Gasteiger partial charge in [-0.3, -0.25) is 0 Å². The fourth-order valence-electron chi connectivity index (χ4n) is 2.31. The van der Waals surface area contributed by atoms with Crippen LogP contribution in [0.3, 0.4) is 0 Å². The zero-order valence-corrected chi connectivity index (χ0v) is 15.0. The molecule has 0 aliphatic rings. The van der Waals surface area contributed by atoms with Crippen LogP contribution in [0.25, 0.3) is 0 Å². The van der Waals surface area contributed by atoms with Crippen LogP contribution in [-0.2, 0) is 0 Å². The van der Waals surface area contributed by atoms with Gasteiger partial charge in [-0.05, 0) is 55.3 Å². The summed E-state index contributed by atoms with van der Waals surface area (Å²) in [5.74, 6) is 0. The highest BCUT2D eigenvalue weighted by molar-refractivity contribution is 6.35. The maximum Gasteiger partial charge on any atom is 0.106 e. The monoisotopic (exact) mass is 349 g/mol. The average molecular weight is 350 g/mol. The standard InChI is InChI=1S/C18H21Cl2N3/c1-3-11-23(12-4-2)16-8-6-15(7-9-16)21-22-18-13-14(19)5-10-17(18)20/h5-10,13H,3-4,11-12H2,1-2H3. The molecule has 2 aromatic rings. The van der Waals surface area contributed by atoms with E-state index in [4.69, 9.17) is 23.2 Å². The van der Waals surface area contributed by atoms with Crippen molar-refractivity contribution < 1.29 is 0 Å². The van der Waals surface area contributed by atoms with Crippen molar-refractivity contribution in [3.63, 3.8) is 0 Å². The van der Waals surface area contributed by atoms with Crippen LogP contribution in [-0.4, -0.2) is 13.1 Å². The van der Waals surface area contributed by atoms with Crippen molar-refractivity contribution in [3.05, 3.63) is 52.5 Å². The second-order valence-electron chi connectivity index (χ2n) is 5.30. The lowest BCUT2D eigenvalue weighted by molar-refractivity contribution is 0.745. The molecule has 5 heteroatoms. The van der Waals surface area contributed by atoms with Gasteiger partial charge in [0, 0.05) is 23.8 Å². The second kappa shape index (κ2) is 8.90. The molecule has 0 saturated carbocycles. The number of halogens is 2. The Hall–Kier alpha value is -1.58. The molecular formula is C18H21Cl2N3. The first-order valence-corrected chi connectivity index (χ1v) is 8.61. The van der Waals surface area contributed by atoms with Gasteiger partial charge in [0.1, 0.15) is 5.69 Å². The van der Waals surface area contributed by atoms with Crippen molar-refractivity contribution in [2.45, 2.75) is 26.7 Å². The topological polar surface area (TPSA) is 28.0 Å². The first-order chi connectivity index (χ1) is 11.1. The summed E-state index contributed by atoms with van der Waals surface area (Å²) in [6.45, 7) is 6.51. The number of rotatable bonds is 7. The summed E-state index contributed by atoms with van der Waals surface area (Å²) in [4.78, 5) is 2.38. The average Bonchev–Trinajstić information content (AvgIpc) is 2.56. The molecule has 0 heterocycles. The summed E-state index contributed by atoms with van der Waals surface area (Å²) in [5.41, 5.74) is 2.58. The Labute approximate surface area is 147 Å². The predicted molar refractivity (Wildman–Crippen MR) is 99.9 cm³/mol. The maximum atomic E-state index is 6.08. The Kier molecular flexibility index (Phi) is 6.87. The fourth-order valence-corrected chi connectivity index (χ4v) is 2.64. The van der Waals surface area contributed by atoms with Gasteiger partial charge in [-0.2, -0.15) is 5.11 Å². The third-order valence-electron chi connectivity index (χ3n) is 3.38. The molecule has 0 aliphatic heterocycles. The van der Waals surface area contributed by atoms with Crippen molar-refractivity contribution in [1.29, 1.82) is 0 Å². The molecule has 3 nitrogen and oxygen atoms in total. The SMILES string of the molecule is CCCN(CCC)c1ccc(N=Nc2cc(Cl)ccc2Cl)cc1. The highest BCUT2D eigenvalue weighted by Gasteiger charge is 2.04. The van der Waals surface area contributed by atoms with E-state index in [1.807, 2.05) is 12.1 Å². The summed E-state index contributed by atoms with van der Waals surface area (Å²) < 4.78 is 0. The van der Waals surface area contributed by atoms with E-state index >= 15 is 0 Å². The molecule has 0 spiro atoms. The van der Waals surface area contributed by atoms with Gasteiger partial charge in [0.25, 0.3) is 0 Å². The Morgan fingerprint density at radius 3 is 2.13 bits per heavy atom. The zero-order chi connectivity index (χ0) is 16.7. The Balaban J connectivity index is 2.12. The molecule has 0 N–H and O–H groups in total. The minimum atomic E-state index is 0.534. The van der Waals surface area contributed by atoms with Crippen LogP contribution < -0.4 is 4.90 Å². The van der Waals surface area contributed by atoms with E-state index in [1.165, 1.54) is 5.69 Å². The molecule has 2 rings (SSSR count). The van der Waals surface area contributed by atoms with Crippen molar-refractivity contribution in [2.75, 3.05) is 18.0 Å². The van der Waals surface area contributed by atoms with Gasteiger partial charge in [-0.1, -0.05) is 37.0 Å². The van der Waals surface area contributed by atoms with Gasteiger partial charge < -0.3 is 4.90 Å². The van der Waals surface area contributed by atoms with Gasteiger partial charge in [0.2, 0.25) is 0 Å². The summed E-state index contributed by atoms with van der Waals surface area (Å²) in [5, 5.41) is 9.54. The van der Waals surface area contributed by atoms with E-state index in [-0.39, 0.29) is 0 Å². The summed E-state index contributed by atoms with van der Waals surface area (Å²) in [6.07, 6.45) is 2.27. The number of azo groups is 1. The minimum absolute atomic E-state index is 0.534. The molecule has 23 heavy (non-hydrogen) atoms. The van der Waals surface area contributed by atoms with E-state index < -0.39 is 0 Å². The van der Waals surface area contributed by atoms with Crippen LogP contribution >= 0.6 is 23.2 Å². The van der Waals surface area contributed by atoms with E-state index in [2.05, 4.69) is 41.1 Å².